The fourth-order valence-corrected chi connectivity index (χ4v) is 13.1. The maximum atomic E-state index is 6.42. The van der Waals surface area contributed by atoms with Crippen LogP contribution in [0.3, 0.4) is 0 Å². The van der Waals surface area contributed by atoms with Crippen LogP contribution in [-0.2, 0) is 10.8 Å². The van der Waals surface area contributed by atoms with Crippen LogP contribution in [0.15, 0.2) is 139 Å². The molecule has 0 nitrogen and oxygen atoms in total. The summed E-state index contributed by atoms with van der Waals surface area (Å²) in [6.45, 7) is 9.55. The van der Waals surface area contributed by atoms with Crippen LogP contribution >= 0.6 is 7.92 Å². The molecular formula is C48H39B2P. The molecule has 1 aliphatic heterocycles. The van der Waals surface area contributed by atoms with Gasteiger partial charge in [-0.2, -0.15) is 0 Å². The van der Waals surface area contributed by atoms with Gasteiger partial charge >= 0.3 is 0 Å². The van der Waals surface area contributed by atoms with Crippen LogP contribution in [0.25, 0.3) is 33.4 Å². The molecule has 1 heterocycles. The number of hydrogen-bond donors (Lipinski definition) is 0. The molecule has 0 bridgehead atoms. The molecule has 5 aromatic rings. The summed E-state index contributed by atoms with van der Waals surface area (Å²) in [6, 6.07) is 38.5. The number of allylic oxidation sites excluding steroid dienone is 8. The minimum absolute atomic E-state index is 0.0328. The average Bonchev–Trinajstić information content (AvgIpc) is 3.67. The van der Waals surface area contributed by atoms with Gasteiger partial charge in [-0.15, -0.1) is 0 Å². The molecule has 4 aliphatic carbocycles. The Morgan fingerprint density at radius 1 is 0.647 bits per heavy atom. The number of hydrogen-bond acceptors (Lipinski definition) is 0. The predicted octanol–water partition coefficient (Wildman–Crippen LogP) is 9.10. The Labute approximate surface area is 306 Å². The van der Waals surface area contributed by atoms with E-state index in [0.717, 1.165) is 23.8 Å². The van der Waals surface area contributed by atoms with E-state index in [1.807, 2.05) is 6.07 Å². The van der Waals surface area contributed by atoms with Crippen LogP contribution in [-0.4, -0.2) is 21.4 Å². The normalized spacial score (nSPS) is 22.7. The van der Waals surface area contributed by atoms with Gasteiger partial charge < -0.3 is 0 Å². The van der Waals surface area contributed by atoms with Crippen LogP contribution in [0.4, 0.5) is 0 Å². The Morgan fingerprint density at radius 2 is 1.31 bits per heavy atom. The molecule has 0 amide bonds. The molecule has 4 radical (unpaired) electrons. The highest BCUT2D eigenvalue weighted by Gasteiger charge is 2.42. The van der Waals surface area contributed by atoms with E-state index in [0.29, 0.717) is 11.6 Å². The van der Waals surface area contributed by atoms with Gasteiger partial charge in [0.15, 0.2) is 0 Å². The summed E-state index contributed by atoms with van der Waals surface area (Å²) in [6.07, 6.45) is 12.1. The van der Waals surface area contributed by atoms with E-state index >= 15 is 0 Å². The molecule has 3 heteroatoms. The summed E-state index contributed by atoms with van der Waals surface area (Å²) in [5.41, 5.74) is 20.2. The van der Waals surface area contributed by atoms with Crippen molar-refractivity contribution in [2.75, 3.05) is 0 Å². The molecule has 5 aromatic carbocycles. The molecule has 5 aliphatic rings. The number of rotatable bonds is 3. The second-order valence-corrected chi connectivity index (χ2v) is 18.5. The maximum absolute atomic E-state index is 6.42. The van der Waals surface area contributed by atoms with E-state index in [9.17, 15) is 0 Å². The van der Waals surface area contributed by atoms with Crippen LogP contribution in [0.1, 0.15) is 68.4 Å². The zero-order valence-corrected chi connectivity index (χ0v) is 30.7. The van der Waals surface area contributed by atoms with Gasteiger partial charge in [0.1, 0.15) is 15.7 Å². The molecule has 3 atom stereocenters. The van der Waals surface area contributed by atoms with Crippen LogP contribution in [0, 0.1) is 5.92 Å². The van der Waals surface area contributed by atoms with Crippen molar-refractivity contribution in [3.8, 4) is 22.3 Å². The Bertz CT molecular complexity index is 2450. The molecule has 51 heavy (non-hydrogen) atoms. The molecule has 0 spiro atoms. The van der Waals surface area contributed by atoms with E-state index in [4.69, 9.17) is 15.7 Å². The quantitative estimate of drug-likeness (QED) is 0.133. The van der Waals surface area contributed by atoms with E-state index in [-0.39, 0.29) is 10.8 Å². The van der Waals surface area contributed by atoms with Gasteiger partial charge in [0.2, 0.25) is 0 Å². The van der Waals surface area contributed by atoms with Gasteiger partial charge in [-0.1, -0.05) is 159 Å². The predicted molar refractivity (Wildman–Crippen MR) is 221 cm³/mol. The fourth-order valence-electron chi connectivity index (χ4n) is 10.0. The summed E-state index contributed by atoms with van der Waals surface area (Å²) in [7, 11) is 12.2. The first kappa shape index (κ1) is 31.4. The zero-order valence-electron chi connectivity index (χ0n) is 29.8. The van der Waals surface area contributed by atoms with Crippen LogP contribution in [0.5, 0.6) is 0 Å². The number of benzene rings is 5. The monoisotopic (exact) mass is 668 g/mol. The summed E-state index contributed by atoms with van der Waals surface area (Å²) in [4.78, 5) is 0. The van der Waals surface area contributed by atoms with Crippen molar-refractivity contribution < 1.29 is 0 Å². The Hall–Kier alpha value is -4.38. The first-order chi connectivity index (χ1) is 24.6. The van der Waals surface area contributed by atoms with Crippen molar-refractivity contribution in [3.05, 3.63) is 166 Å². The second-order valence-electron chi connectivity index (χ2n) is 16.2. The van der Waals surface area contributed by atoms with E-state index in [1.54, 1.807) is 5.57 Å². The third-order valence-corrected chi connectivity index (χ3v) is 15.4. The summed E-state index contributed by atoms with van der Waals surface area (Å²) in [5.74, 6) is 0.368. The van der Waals surface area contributed by atoms with Crippen molar-refractivity contribution >= 4 is 56.3 Å². The molecule has 3 unspecified atom stereocenters. The van der Waals surface area contributed by atoms with Gasteiger partial charge in [0, 0.05) is 22.4 Å². The second kappa shape index (κ2) is 11.1. The lowest BCUT2D eigenvalue weighted by Gasteiger charge is -2.31. The van der Waals surface area contributed by atoms with Crippen molar-refractivity contribution in [3.63, 3.8) is 0 Å². The lowest BCUT2D eigenvalue weighted by atomic mass is 9.74. The van der Waals surface area contributed by atoms with E-state index in [1.165, 1.54) is 77.4 Å². The van der Waals surface area contributed by atoms with Crippen molar-refractivity contribution in [2.24, 2.45) is 5.92 Å². The van der Waals surface area contributed by atoms with E-state index < -0.39 is 7.92 Å². The van der Waals surface area contributed by atoms with Crippen molar-refractivity contribution in [1.82, 2.24) is 0 Å². The largest absolute Gasteiger partial charge is 0.113 e. The Balaban J connectivity index is 1.06. The molecule has 0 saturated carbocycles. The fraction of sp³-hybridized carbons (Fsp3) is 0.208. The van der Waals surface area contributed by atoms with Crippen LogP contribution < -0.4 is 21.5 Å². The smallest absolute Gasteiger partial charge is 0.0966 e. The van der Waals surface area contributed by atoms with Gasteiger partial charge in [-0.05, 0) is 110 Å². The molecule has 0 fully saturated rings. The highest BCUT2D eigenvalue weighted by Crippen LogP contribution is 2.58. The minimum atomic E-state index is -0.671. The molecule has 0 N–H and O–H groups in total. The molecule has 10 rings (SSSR count). The first-order valence-electron chi connectivity index (χ1n) is 18.4. The Kier molecular flexibility index (Phi) is 6.80. The molecule has 0 saturated heterocycles. The lowest BCUT2D eigenvalue weighted by Crippen LogP contribution is -2.25. The van der Waals surface area contributed by atoms with Gasteiger partial charge in [-0.25, -0.2) is 0 Å². The standard InChI is InChI=1S/C48H39B2P/c1-47(2)41-11-7-5-9-35(41)37-17-13-30(23-43(37)47)28-15-19-45-39(21-28)40-22-29(16-20-46(40)51(45)34-26-32(49)25-33(50)27-34)31-14-18-38-36-10-6-8-12-42(36)48(3,4)44(38)24-31/h5-19,21-23,25-27,31,46H,20,24H2,1-4H3. The average molecular weight is 668 g/mol. The summed E-state index contributed by atoms with van der Waals surface area (Å²) >= 11 is 0. The van der Waals surface area contributed by atoms with Gasteiger partial charge in [-0.3, -0.25) is 0 Å². The first-order valence-corrected chi connectivity index (χ1v) is 19.8. The van der Waals surface area contributed by atoms with E-state index in [2.05, 4.69) is 149 Å². The topological polar surface area (TPSA) is 0 Å². The summed E-state index contributed by atoms with van der Waals surface area (Å²) < 4.78 is 0. The molecular weight excluding hydrogens is 629 g/mol. The Morgan fingerprint density at radius 3 is 2.10 bits per heavy atom. The SMILES string of the molecule is [B]c1cc([B])cc(P2c3ccc(-c4ccc5c(c4)C(C)(C)c4ccccc4-5)cc3C3=CC(C4C=CC5=C(C4)C(C)(C)c4ccccc45)=CCC32)c1. The lowest BCUT2D eigenvalue weighted by molar-refractivity contribution is 0.576. The van der Waals surface area contributed by atoms with Crippen molar-refractivity contribution in [2.45, 2.75) is 57.0 Å². The summed E-state index contributed by atoms with van der Waals surface area (Å²) in [5, 5.41) is 2.71. The molecule has 0 aromatic heterocycles. The minimum Gasteiger partial charge on any atom is -0.0966 e. The third kappa shape index (κ3) is 4.58. The highest BCUT2D eigenvalue weighted by molar-refractivity contribution is 7.75. The number of fused-ring (bicyclic) bond motifs is 8. The zero-order chi connectivity index (χ0) is 34.8. The van der Waals surface area contributed by atoms with Gasteiger partial charge in [0.25, 0.3) is 0 Å². The van der Waals surface area contributed by atoms with Gasteiger partial charge in [0.05, 0.1) is 0 Å². The van der Waals surface area contributed by atoms with Crippen LogP contribution in [0.2, 0.25) is 0 Å². The highest BCUT2D eigenvalue weighted by atomic mass is 31.1. The van der Waals surface area contributed by atoms with Crippen molar-refractivity contribution in [1.29, 1.82) is 0 Å². The third-order valence-electron chi connectivity index (χ3n) is 12.6. The molecule has 242 valence electrons. The maximum Gasteiger partial charge on any atom is 0.113 e.